The van der Waals surface area contributed by atoms with Crippen LogP contribution >= 0.6 is 11.3 Å². The van der Waals surface area contributed by atoms with Crippen molar-refractivity contribution in [2.45, 2.75) is 19.3 Å². The summed E-state index contributed by atoms with van der Waals surface area (Å²) >= 11 is 1.88. The quantitative estimate of drug-likeness (QED) is 0.171. The first-order chi connectivity index (χ1) is 27.0. The fraction of sp³-hybridized carbons (Fsp3) is 0.0566. The van der Waals surface area contributed by atoms with E-state index >= 15 is 0 Å². The monoisotopic (exact) mass is 719 g/mol. The molecule has 1 aliphatic carbocycles. The van der Waals surface area contributed by atoms with Gasteiger partial charge in [0, 0.05) is 42.6 Å². The normalized spacial score (nSPS) is 13.1. The molecule has 0 atom stereocenters. The van der Waals surface area contributed by atoms with E-state index in [4.69, 9.17) is 0 Å². The van der Waals surface area contributed by atoms with Crippen molar-refractivity contribution in [1.82, 2.24) is 0 Å². The Balaban J connectivity index is 1.03. The lowest BCUT2D eigenvalue weighted by atomic mass is 9.82. The van der Waals surface area contributed by atoms with Crippen LogP contribution in [0, 0.1) is 0 Å². The maximum Gasteiger partial charge on any atom is 0.0468 e. The minimum Gasteiger partial charge on any atom is -0.310 e. The molecule has 55 heavy (non-hydrogen) atoms. The molecule has 0 fully saturated rings. The number of thiophene rings is 1. The second-order valence-electron chi connectivity index (χ2n) is 15.4. The molecule has 0 unspecified atom stereocenters. The molecule has 0 radical (unpaired) electrons. The molecule has 0 N–H and O–H groups in total. The van der Waals surface area contributed by atoms with Crippen LogP contribution in [-0.2, 0) is 5.41 Å². The van der Waals surface area contributed by atoms with E-state index < -0.39 is 0 Å². The van der Waals surface area contributed by atoms with Crippen LogP contribution in [0.2, 0.25) is 0 Å². The lowest BCUT2D eigenvalue weighted by Gasteiger charge is -2.28. The van der Waals surface area contributed by atoms with E-state index in [1.807, 2.05) is 11.3 Å². The van der Waals surface area contributed by atoms with E-state index in [0.29, 0.717) is 0 Å². The van der Waals surface area contributed by atoms with Gasteiger partial charge in [0.25, 0.3) is 0 Å². The van der Waals surface area contributed by atoms with Crippen molar-refractivity contribution in [3.63, 3.8) is 0 Å². The zero-order valence-electron chi connectivity index (χ0n) is 30.8. The Labute approximate surface area is 325 Å². The number of hydrogen-bond donors (Lipinski definition) is 0. The van der Waals surface area contributed by atoms with Gasteiger partial charge < -0.3 is 4.90 Å². The summed E-state index contributed by atoms with van der Waals surface area (Å²) in [7, 11) is 0. The number of benzene rings is 9. The molecule has 0 bridgehead atoms. The predicted octanol–water partition coefficient (Wildman–Crippen LogP) is 15.5. The zero-order chi connectivity index (χ0) is 36.7. The molecule has 1 aromatic heterocycles. The molecule has 0 saturated heterocycles. The van der Waals surface area contributed by atoms with E-state index in [1.165, 1.54) is 86.2 Å². The van der Waals surface area contributed by atoms with Crippen molar-refractivity contribution in [2.75, 3.05) is 4.90 Å². The second-order valence-corrected chi connectivity index (χ2v) is 16.5. The first-order valence-corrected chi connectivity index (χ1v) is 19.9. The number of hydrogen-bond acceptors (Lipinski definition) is 2. The Morgan fingerprint density at radius 2 is 1.04 bits per heavy atom. The summed E-state index contributed by atoms with van der Waals surface area (Å²) in [5.41, 5.74) is 13.6. The molecule has 10 aromatic rings. The van der Waals surface area contributed by atoms with Gasteiger partial charge in [0.05, 0.1) is 0 Å². The number of anilines is 3. The summed E-state index contributed by atoms with van der Waals surface area (Å²) in [5, 5.41) is 7.81. The summed E-state index contributed by atoms with van der Waals surface area (Å²) in [5.74, 6) is 0. The first-order valence-electron chi connectivity index (χ1n) is 19.1. The van der Waals surface area contributed by atoms with Gasteiger partial charge in [0.15, 0.2) is 0 Å². The van der Waals surface area contributed by atoms with Gasteiger partial charge in [-0.15, -0.1) is 11.3 Å². The Morgan fingerprint density at radius 3 is 1.93 bits per heavy atom. The molecule has 2 heteroatoms. The fourth-order valence-electron chi connectivity index (χ4n) is 9.02. The summed E-state index contributed by atoms with van der Waals surface area (Å²) in [6.07, 6.45) is 0. The van der Waals surface area contributed by atoms with Crippen LogP contribution < -0.4 is 4.90 Å². The van der Waals surface area contributed by atoms with Crippen molar-refractivity contribution >= 4 is 70.1 Å². The van der Waals surface area contributed by atoms with E-state index in [0.717, 1.165) is 17.1 Å². The Kier molecular flexibility index (Phi) is 7.14. The van der Waals surface area contributed by atoms with Gasteiger partial charge >= 0.3 is 0 Å². The van der Waals surface area contributed by atoms with Gasteiger partial charge in [-0.05, 0) is 121 Å². The van der Waals surface area contributed by atoms with Crippen molar-refractivity contribution in [2.24, 2.45) is 0 Å². The van der Waals surface area contributed by atoms with Crippen molar-refractivity contribution < 1.29 is 0 Å². The van der Waals surface area contributed by atoms with Crippen LogP contribution in [0.4, 0.5) is 17.1 Å². The summed E-state index contributed by atoms with van der Waals surface area (Å²) in [6.45, 7) is 4.69. The summed E-state index contributed by atoms with van der Waals surface area (Å²) in [6, 6.07) is 69.7. The van der Waals surface area contributed by atoms with Crippen molar-refractivity contribution in [3.8, 4) is 33.4 Å². The third kappa shape index (κ3) is 5.13. The highest BCUT2D eigenvalue weighted by Crippen LogP contribution is 2.51. The van der Waals surface area contributed by atoms with E-state index in [9.17, 15) is 0 Å². The number of rotatable bonds is 5. The van der Waals surface area contributed by atoms with E-state index in [2.05, 4.69) is 207 Å². The predicted molar refractivity (Wildman–Crippen MR) is 237 cm³/mol. The van der Waals surface area contributed by atoms with Gasteiger partial charge in [-0.3, -0.25) is 0 Å². The molecule has 1 heterocycles. The minimum absolute atomic E-state index is 0.0461. The smallest absolute Gasteiger partial charge is 0.0468 e. The first kappa shape index (κ1) is 32.0. The average molecular weight is 720 g/mol. The molecule has 0 aliphatic heterocycles. The molecule has 0 saturated carbocycles. The number of nitrogens with zero attached hydrogens (tertiary/aromatic N) is 1. The number of fused-ring (bicyclic) bond motifs is 9. The topological polar surface area (TPSA) is 3.24 Å². The zero-order valence-corrected chi connectivity index (χ0v) is 31.6. The third-order valence-electron chi connectivity index (χ3n) is 11.8. The maximum absolute atomic E-state index is 2.42. The van der Waals surface area contributed by atoms with Crippen molar-refractivity contribution in [1.29, 1.82) is 0 Å². The average Bonchev–Trinajstić information content (AvgIpc) is 3.73. The lowest BCUT2D eigenvalue weighted by molar-refractivity contribution is 0.660. The minimum atomic E-state index is -0.0461. The molecule has 0 amide bonds. The van der Waals surface area contributed by atoms with Gasteiger partial charge in [0.1, 0.15) is 0 Å². The standard InChI is InChI=1S/C53H37NS/c1-53(2)48-17-8-7-16-45(48)47-33-43(26-28-49(47)53)54(42-14-9-13-38(31-42)39-19-18-34-10-3-4-12-37(34)30-39)41-24-20-35(21-25-41)40-22-27-46-51(32-40)55-50-29-23-36-11-5-6-15-44(36)52(46)50/h3-33H,1-2H3. The van der Waals surface area contributed by atoms with Crippen LogP contribution in [0.5, 0.6) is 0 Å². The van der Waals surface area contributed by atoms with Crippen LogP contribution in [0.25, 0.3) is 75.1 Å². The highest BCUT2D eigenvalue weighted by Gasteiger charge is 2.35. The SMILES string of the molecule is CC1(C)c2ccccc2-c2cc(N(c3ccc(-c4ccc5c(c4)sc4ccc6ccccc6c45)cc3)c3cccc(-c4ccc5ccccc5c4)c3)ccc21. The van der Waals surface area contributed by atoms with Gasteiger partial charge in [0.2, 0.25) is 0 Å². The highest BCUT2D eigenvalue weighted by molar-refractivity contribution is 7.26. The molecule has 1 aliphatic rings. The molecule has 260 valence electrons. The van der Waals surface area contributed by atoms with Gasteiger partial charge in [-0.1, -0.05) is 147 Å². The summed E-state index contributed by atoms with van der Waals surface area (Å²) < 4.78 is 2.66. The molecule has 11 rings (SSSR count). The van der Waals surface area contributed by atoms with Crippen LogP contribution in [-0.4, -0.2) is 0 Å². The summed E-state index contributed by atoms with van der Waals surface area (Å²) in [4.78, 5) is 2.42. The fourth-order valence-corrected chi connectivity index (χ4v) is 10.2. The maximum atomic E-state index is 2.42. The van der Waals surface area contributed by atoms with Crippen LogP contribution in [0.1, 0.15) is 25.0 Å². The van der Waals surface area contributed by atoms with E-state index in [-0.39, 0.29) is 5.41 Å². The van der Waals surface area contributed by atoms with Gasteiger partial charge in [-0.2, -0.15) is 0 Å². The molecule has 1 nitrogen and oxygen atoms in total. The van der Waals surface area contributed by atoms with Crippen LogP contribution in [0.15, 0.2) is 188 Å². The highest BCUT2D eigenvalue weighted by atomic mass is 32.1. The van der Waals surface area contributed by atoms with Crippen molar-refractivity contribution in [3.05, 3.63) is 199 Å². The molecule has 0 spiro atoms. The Hall–Kier alpha value is -6.48. The Bertz CT molecular complexity index is 3130. The van der Waals surface area contributed by atoms with E-state index in [1.54, 1.807) is 0 Å². The van der Waals surface area contributed by atoms with Crippen LogP contribution in [0.3, 0.4) is 0 Å². The lowest BCUT2D eigenvalue weighted by Crippen LogP contribution is -2.15. The second kappa shape index (κ2) is 12.3. The Morgan fingerprint density at radius 1 is 0.382 bits per heavy atom. The molecular weight excluding hydrogens is 683 g/mol. The largest absolute Gasteiger partial charge is 0.310 e. The van der Waals surface area contributed by atoms with Gasteiger partial charge in [-0.25, -0.2) is 0 Å². The third-order valence-corrected chi connectivity index (χ3v) is 13.0. The molecule has 9 aromatic carbocycles. The molecular formula is C53H37NS.